The Morgan fingerprint density at radius 3 is 2.45 bits per heavy atom. The Labute approximate surface area is 132 Å². The van der Waals surface area contributed by atoms with Crippen LogP contribution in [0.1, 0.15) is 39.5 Å². The molecule has 2 fully saturated rings. The van der Waals surface area contributed by atoms with Gasteiger partial charge in [-0.25, -0.2) is 0 Å². The number of hydrogen-bond acceptors (Lipinski definition) is 5. The molecule has 4 N–H and O–H groups in total. The third-order valence-electron chi connectivity index (χ3n) is 5.07. The number of nitrogens with two attached hydrogens (primary N) is 1. The van der Waals surface area contributed by atoms with E-state index in [-0.39, 0.29) is 17.7 Å². The zero-order valence-electron chi connectivity index (χ0n) is 13.6. The fourth-order valence-electron chi connectivity index (χ4n) is 3.57. The summed E-state index contributed by atoms with van der Waals surface area (Å²) in [7, 11) is 0. The van der Waals surface area contributed by atoms with Crippen molar-refractivity contribution in [1.82, 2.24) is 10.2 Å². The van der Waals surface area contributed by atoms with Crippen LogP contribution in [0.2, 0.25) is 0 Å². The smallest absolute Gasteiger partial charge is 0.239 e. The lowest BCUT2D eigenvalue weighted by Gasteiger charge is -2.35. The zero-order chi connectivity index (χ0) is 16.3. The Balaban J connectivity index is 1.76. The third kappa shape index (κ3) is 4.27. The quantitative estimate of drug-likeness (QED) is 0.658. The van der Waals surface area contributed by atoms with Gasteiger partial charge in [0.2, 0.25) is 5.91 Å². The molecular weight excluding hydrogens is 282 g/mol. The minimum atomic E-state index is -0.435. The number of amides is 1. The highest BCUT2D eigenvalue weighted by molar-refractivity contribution is 5.84. The number of nitrogens with zero attached hydrogens (tertiary/aromatic N) is 1. The predicted molar refractivity (Wildman–Crippen MR) is 84.2 cm³/mol. The van der Waals surface area contributed by atoms with E-state index in [4.69, 9.17) is 5.73 Å². The minimum Gasteiger partial charge on any atom is -0.392 e. The maximum absolute atomic E-state index is 12.3. The summed E-state index contributed by atoms with van der Waals surface area (Å²) < 4.78 is 0. The molecule has 2 saturated heterocycles. The highest BCUT2D eigenvalue weighted by Crippen LogP contribution is 2.28. The number of carbonyl (C=O) groups excluding carboxylic acids is 2. The summed E-state index contributed by atoms with van der Waals surface area (Å²) >= 11 is 0. The van der Waals surface area contributed by atoms with E-state index in [0.717, 1.165) is 25.9 Å². The fraction of sp³-hybridized carbons (Fsp3) is 0.875. The molecule has 0 spiro atoms. The SMILES string of the molecule is CC(CC(=O)[C@H]1C[C@H](O)CN1)C1CCN(C(=O)[C@H](C)N)CC1. The number of β-amino-alcohol motifs (C(OH)–C–C–N with tert-alkyl or cyclic N) is 1. The largest absolute Gasteiger partial charge is 0.392 e. The first kappa shape index (κ1) is 17.4. The Morgan fingerprint density at radius 1 is 1.32 bits per heavy atom. The van der Waals surface area contributed by atoms with Crippen LogP contribution in [0.3, 0.4) is 0 Å². The summed E-state index contributed by atoms with van der Waals surface area (Å²) in [6, 6.07) is -0.618. The first-order chi connectivity index (χ1) is 10.4. The van der Waals surface area contributed by atoms with Gasteiger partial charge in [-0.05, 0) is 38.0 Å². The van der Waals surface area contributed by atoms with Gasteiger partial charge in [0.15, 0.2) is 0 Å². The number of likely N-dealkylation sites (tertiary alicyclic amines) is 1. The summed E-state index contributed by atoms with van der Waals surface area (Å²) in [4.78, 5) is 26.0. The number of rotatable bonds is 5. The second kappa shape index (κ2) is 7.53. The fourth-order valence-corrected chi connectivity index (χ4v) is 3.57. The van der Waals surface area contributed by atoms with E-state index in [2.05, 4.69) is 12.2 Å². The summed E-state index contributed by atoms with van der Waals surface area (Å²) in [6.07, 6.45) is 2.57. The zero-order valence-corrected chi connectivity index (χ0v) is 13.6. The van der Waals surface area contributed by atoms with Crippen molar-refractivity contribution in [1.29, 1.82) is 0 Å². The van der Waals surface area contributed by atoms with Crippen LogP contribution in [0.25, 0.3) is 0 Å². The van der Waals surface area contributed by atoms with Crippen molar-refractivity contribution in [3.63, 3.8) is 0 Å². The van der Waals surface area contributed by atoms with Crippen molar-refractivity contribution in [3.8, 4) is 0 Å². The van der Waals surface area contributed by atoms with Gasteiger partial charge >= 0.3 is 0 Å². The first-order valence-corrected chi connectivity index (χ1v) is 8.37. The van der Waals surface area contributed by atoms with Crippen molar-refractivity contribution in [3.05, 3.63) is 0 Å². The number of nitrogens with one attached hydrogen (secondary N) is 1. The van der Waals surface area contributed by atoms with Crippen molar-refractivity contribution in [2.24, 2.45) is 17.6 Å². The molecule has 0 aromatic rings. The Hall–Kier alpha value is -0.980. The molecule has 2 aliphatic heterocycles. The van der Waals surface area contributed by atoms with Crippen molar-refractivity contribution in [2.75, 3.05) is 19.6 Å². The molecule has 6 nitrogen and oxygen atoms in total. The van der Waals surface area contributed by atoms with Gasteiger partial charge in [-0.2, -0.15) is 0 Å². The van der Waals surface area contributed by atoms with Crippen LogP contribution in [0, 0.1) is 11.8 Å². The van der Waals surface area contributed by atoms with E-state index in [0.29, 0.717) is 31.2 Å². The van der Waals surface area contributed by atoms with E-state index in [1.165, 1.54) is 0 Å². The topological polar surface area (TPSA) is 95.7 Å². The van der Waals surface area contributed by atoms with Crippen molar-refractivity contribution < 1.29 is 14.7 Å². The maximum atomic E-state index is 12.3. The normalized spacial score (nSPS) is 29.4. The minimum absolute atomic E-state index is 0.0197. The van der Waals surface area contributed by atoms with Gasteiger partial charge < -0.3 is 21.1 Å². The van der Waals surface area contributed by atoms with Gasteiger partial charge in [0, 0.05) is 26.1 Å². The second-order valence-electron chi connectivity index (χ2n) is 6.95. The summed E-state index contributed by atoms with van der Waals surface area (Å²) in [5.74, 6) is 1.02. The highest BCUT2D eigenvalue weighted by atomic mass is 16.3. The molecule has 2 heterocycles. The van der Waals surface area contributed by atoms with Crippen LogP contribution >= 0.6 is 0 Å². The van der Waals surface area contributed by atoms with Crippen LogP contribution in [0.5, 0.6) is 0 Å². The molecule has 22 heavy (non-hydrogen) atoms. The Kier molecular flexibility index (Phi) is 5.94. The number of carbonyl (C=O) groups is 2. The third-order valence-corrected chi connectivity index (χ3v) is 5.07. The first-order valence-electron chi connectivity index (χ1n) is 8.37. The van der Waals surface area contributed by atoms with Crippen molar-refractivity contribution >= 4 is 11.7 Å². The average molecular weight is 311 g/mol. The van der Waals surface area contributed by atoms with Crippen LogP contribution in [0.15, 0.2) is 0 Å². The van der Waals surface area contributed by atoms with E-state index < -0.39 is 12.1 Å². The van der Waals surface area contributed by atoms with Gasteiger partial charge in [-0.1, -0.05) is 6.92 Å². The molecule has 0 saturated carbocycles. The van der Waals surface area contributed by atoms with Crippen LogP contribution in [0.4, 0.5) is 0 Å². The number of aliphatic hydroxyl groups is 1. The van der Waals surface area contributed by atoms with E-state index in [9.17, 15) is 14.7 Å². The van der Waals surface area contributed by atoms with Crippen molar-refractivity contribution in [2.45, 2.75) is 57.7 Å². The Bertz CT molecular complexity index is 405. The maximum Gasteiger partial charge on any atom is 0.239 e. The lowest BCUT2D eigenvalue weighted by atomic mass is 9.81. The molecule has 0 aromatic carbocycles. The average Bonchev–Trinajstić information content (AvgIpc) is 2.93. The number of hydrogen-bond donors (Lipinski definition) is 3. The lowest BCUT2D eigenvalue weighted by molar-refractivity contribution is -0.134. The summed E-state index contributed by atoms with van der Waals surface area (Å²) in [5, 5.41) is 12.6. The molecule has 1 amide bonds. The van der Waals surface area contributed by atoms with Gasteiger partial charge in [-0.15, -0.1) is 0 Å². The molecule has 2 aliphatic rings. The van der Waals surface area contributed by atoms with E-state index in [1.807, 2.05) is 4.90 Å². The molecule has 1 unspecified atom stereocenters. The standard InChI is InChI=1S/C16H29N3O3/c1-10(7-15(21)14-8-13(20)9-18-14)12-3-5-19(6-4-12)16(22)11(2)17/h10-14,18,20H,3-9,17H2,1-2H3/t10?,11-,13-,14+/m0/s1. The summed E-state index contributed by atoms with van der Waals surface area (Å²) in [6.45, 7) is 5.84. The molecule has 0 radical (unpaired) electrons. The van der Waals surface area contributed by atoms with Crippen LogP contribution in [-0.2, 0) is 9.59 Å². The molecule has 0 bridgehead atoms. The molecule has 6 heteroatoms. The molecule has 126 valence electrons. The van der Waals surface area contributed by atoms with Crippen LogP contribution in [-0.4, -0.2) is 59.5 Å². The van der Waals surface area contributed by atoms with Crippen LogP contribution < -0.4 is 11.1 Å². The summed E-state index contributed by atoms with van der Waals surface area (Å²) in [5.41, 5.74) is 5.64. The number of ketones is 1. The molecule has 2 rings (SSSR count). The predicted octanol–water partition coefficient (Wildman–Crippen LogP) is -0.110. The lowest BCUT2D eigenvalue weighted by Crippen LogP contribution is -2.46. The number of aliphatic hydroxyl groups excluding tert-OH is 1. The van der Waals surface area contributed by atoms with Gasteiger partial charge in [0.1, 0.15) is 5.78 Å². The monoisotopic (exact) mass is 311 g/mol. The number of Topliss-reactive ketones (excluding diaryl/α,β-unsaturated/α-hetero) is 1. The van der Waals surface area contributed by atoms with E-state index in [1.54, 1.807) is 6.92 Å². The van der Waals surface area contributed by atoms with Gasteiger partial charge in [0.25, 0.3) is 0 Å². The van der Waals surface area contributed by atoms with E-state index >= 15 is 0 Å². The Morgan fingerprint density at radius 2 is 1.95 bits per heavy atom. The second-order valence-corrected chi connectivity index (χ2v) is 6.95. The molecular formula is C16H29N3O3. The molecule has 0 aromatic heterocycles. The number of piperidine rings is 1. The molecule has 4 atom stereocenters. The van der Waals surface area contributed by atoms with Gasteiger partial charge in [-0.3, -0.25) is 9.59 Å². The molecule has 0 aliphatic carbocycles. The van der Waals surface area contributed by atoms with Gasteiger partial charge in [0.05, 0.1) is 18.2 Å². The highest BCUT2D eigenvalue weighted by Gasteiger charge is 2.32.